The molecule has 13 heavy (non-hydrogen) atoms. The van der Waals surface area contributed by atoms with Gasteiger partial charge in [-0.1, -0.05) is 12.2 Å². The molecule has 0 aromatic rings. The van der Waals surface area contributed by atoms with Crippen LogP contribution in [0.4, 0.5) is 0 Å². The van der Waals surface area contributed by atoms with E-state index in [4.69, 9.17) is 10.2 Å². The Labute approximate surface area is 109 Å². The summed E-state index contributed by atoms with van der Waals surface area (Å²) in [7, 11) is 0. The molecule has 2 N–H and O–H groups in total. The van der Waals surface area contributed by atoms with Crippen LogP contribution in [0.3, 0.4) is 0 Å². The summed E-state index contributed by atoms with van der Waals surface area (Å²) in [6, 6.07) is 0. The molecule has 0 amide bonds. The number of carboxylic acids is 2. The van der Waals surface area contributed by atoms with Gasteiger partial charge in [0.25, 0.3) is 0 Å². The first-order valence-corrected chi connectivity index (χ1v) is 3.73. The second kappa shape index (κ2) is 5.62. The van der Waals surface area contributed by atoms with Crippen molar-refractivity contribution < 1.29 is 22.7 Å². The Bertz CT molecular complexity index is 221. The molecule has 1 rings (SSSR count). The molecular formula is C8H12CaO4. The van der Waals surface area contributed by atoms with Crippen molar-refractivity contribution in [2.45, 2.75) is 12.8 Å². The van der Waals surface area contributed by atoms with Crippen molar-refractivity contribution in [2.24, 2.45) is 11.8 Å². The second-order valence-electron chi connectivity index (χ2n) is 2.83. The molecule has 0 saturated heterocycles. The first-order valence-electron chi connectivity index (χ1n) is 3.73. The Morgan fingerprint density at radius 3 is 1.62 bits per heavy atom. The van der Waals surface area contributed by atoms with Crippen molar-refractivity contribution in [3.05, 3.63) is 12.2 Å². The van der Waals surface area contributed by atoms with Crippen LogP contribution in [0.5, 0.6) is 0 Å². The SMILES string of the molecule is O=C(O)C1CC=CCC1C(=O)O.[Ca+2].[H-].[H-]. The van der Waals surface area contributed by atoms with E-state index in [1.54, 1.807) is 12.2 Å². The molecule has 0 radical (unpaired) electrons. The molecule has 0 aliphatic heterocycles. The van der Waals surface area contributed by atoms with Crippen LogP contribution < -0.4 is 0 Å². The number of rotatable bonds is 2. The van der Waals surface area contributed by atoms with E-state index in [0.717, 1.165) is 0 Å². The molecule has 0 bridgehead atoms. The van der Waals surface area contributed by atoms with E-state index in [1.807, 2.05) is 0 Å². The van der Waals surface area contributed by atoms with Gasteiger partial charge in [-0.3, -0.25) is 9.59 Å². The molecule has 70 valence electrons. The third kappa shape index (κ3) is 3.29. The van der Waals surface area contributed by atoms with E-state index in [2.05, 4.69) is 0 Å². The minimum Gasteiger partial charge on any atom is -1.00 e. The van der Waals surface area contributed by atoms with Crippen LogP contribution in [0.25, 0.3) is 0 Å². The number of hydrogen-bond donors (Lipinski definition) is 2. The molecule has 0 heterocycles. The van der Waals surface area contributed by atoms with Crippen LogP contribution in [-0.2, 0) is 9.59 Å². The smallest absolute Gasteiger partial charge is 1.00 e. The minimum absolute atomic E-state index is 0. The van der Waals surface area contributed by atoms with Crippen molar-refractivity contribution in [3.8, 4) is 0 Å². The van der Waals surface area contributed by atoms with Crippen molar-refractivity contribution in [1.29, 1.82) is 0 Å². The van der Waals surface area contributed by atoms with Gasteiger partial charge in [0.05, 0.1) is 11.8 Å². The Kier molecular flexibility index (Phi) is 5.60. The summed E-state index contributed by atoms with van der Waals surface area (Å²) in [6.45, 7) is 0. The van der Waals surface area contributed by atoms with Crippen molar-refractivity contribution in [1.82, 2.24) is 0 Å². The second-order valence-corrected chi connectivity index (χ2v) is 2.83. The monoisotopic (exact) mass is 212 g/mol. The zero-order valence-corrected chi connectivity index (χ0v) is 9.35. The zero-order chi connectivity index (χ0) is 9.14. The van der Waals surface area contributed by atoms with Gasteiger partial charge in [-0.2, -0.15) is 0 Å². The van der Waals surface area contributed by atoms with E-state index >= 15 is 0 Å². The number of aliphatic carboxylic acids is 2. The van der Waals surface area contributed by atoms with Gasteiger partial charge in [-0.15, -0.1) is 0 Å². The fourth-order valence-electron chi connectivity index (χ4n) is 1.36. The van der Waals surface area contributed by atoms with Crippen LogP contribution in [0.1, 0.15) is 15.7 Å². The number of carboxylic acid groups (broad SMARTS) is 2. The van der Waals surface area contributed by atoms with Crippen LogP contribution in [0.15, 0.2) is 12.2 Å². The molecule has 1 aliphatic rings. The molecule has 0 aromatic heterocycles. The van der Waals surface area contributed by atoms with Gasteiger partial charge in [-0.25, -0.2) is 0 Å². The summed E-state index contributed by atoms with van der Waals surface area (Å²) < 4.78 is 0. The van der Waals surface area contributed by atoms with E-state index in [1.165, 1.54) is 0 Å². The van der Waals surface area contributed by atoms with Crippen molar-refractivity contribution in [3.63, 3.8) is 0 Å². The van der Waals surface area contributed by atoms with E-state index in [9.17, 15) is 9.59 Å². The van der Waals surface area contributed by atoms with Crippen LogP contribution in [0.2, 0.25) is 0 Å². The molecule has 0 fully saturated rings. The Morgan fingerprint density at radius 2 is 1.38 bits per heavy atom. The summed E-state index contributed by atoms with van der Waals surface area (Å²) in [5.41, 5.74) is 0. The summed E-state index contributed by atoms with van der Waals surface area (Å²) in [5.74, 6) is -3.56. The number of carbonyl (C=O) groups is 2. The normalized spacial score (nSPS) is 26.2. The third-order valence-corrected chi connectivity index (χ3v) is 2.07. The average Bonchev–Trinajstić information content (AvgIpc) is 2.04. The first-order chi connectivity index (χ1) is 5.63. The van der Waals surface area contributed by atoms with Crippen LogP contribution in [-0.4, -0.2) is 59.9 Å². The zero-order valence-electron chi connectivity index (χ0n) is 9.14. The Hall–Kier alpha value is -0.0603. The van der Waals surface area contributed by atoms with Gasteiger partial charge in [0.2, 0.25) is 0 Å². The summed E-state index contributed by atoms with van der Waals surface area (Å²) in [4.78, 5) is 21.1. The molecule has 2 unspecified atom stereocenters. The maximum atomic E-state index is 10.6. The van der Waals surface area contributed by atoms with E-state index < -0.39 is 23.8 Å². The van der Waals surface area contributed by atoms with Gasteiger partial charge in [0, 0.05) is 0 Å². The van der Waals surface area contributed by atoms with Gasteiger partial charge in [0.15, 0.2) is 0 Å². The maximum Gasteiger partial charge on any atom is 2.00 e. The largest absolute Gasteiger partial charge is 2.00 e. The van der Waals surface area contributed by atoms with Gasteiger partial charge in [-0.05, 0) is 12.8 Å². The molecule has 4 nitrogen and oxygen atoms in total. The molecule has 2 atom stereocenters. The number of hydrogen-bond acceptors (Lipinski definition) is 2. The van der Waals surface area contributed by atoms with E-state index in [-0.39, 0.29) is 40.6 Å². The topological polar surface area (TPSA) is 74.6 Å². The molecule has 0 saturated carbocycles. The fraction of sp³-hybridized carbons (Fsp3) is 0.500. The van der Waals surface area contributed by atoms with Gasteiger partial charge >= 0.3 is 49.7 Å². The Morgan fingerprint density at radius 1 is 1.08 bits per heavy atom. The Balaban J connectivity index is -0.000000480. The maximum absolute atomic E-state index is 10.6. The van der Waals surface area contributed by atoms with Crippen LogP contribution >= 0.6 is 0 Å². The van der Waals surface area contributed by atoms with Crippen molar-refractivity contribution >= 4 is 49.7 Å². The third-order valence-electron chi connectivity index (χ3n) is 2.07. The molecule has 1 aliphatic carbocycles. The predicted octanol–water partition coefficient (Wildman–Crippen LogP) is 0.582. The van der Waals surface area contributed by atoms with Crippen molar-refractivity contribution in [2.75, 3.05) is 0 Å². The minimum atomic E-state index is -1.02. The molecule has 0 spiro atoms. The molecular weight excluding hydrogens is 200 g/mol. The molecule has 0 aromatic carbocycles. The standard InChI is InChI=1S/C8H10O4.Ca.2H/c9-7(10)5-3-1-2-4-6(5)8(11)12;;;/h1-2,5-6H,3-4H2,(H,9,10)(H,11,12);;;/q;+2;2*-1. The van der Waals surface area contributed by atoms with E-state index in [0.29, 0.717) is 12.8 Å². The summed E-state index contributed by atoms with van der Waals surface area (Å²) >= 11 is 0. The predicted molar refractivity (Wildman–Crippen MR) is 48.6 cm³/mol. The quantitative estimate of drug-likeness (QED) is 0.518. The average molecular weight is 212 g/mol. The summed E-state index contributed by atoms with van der Waals surface area (Å²) in [6.07, 6.45) is 4.09. The first kappa shape index (κ1) is 12.9. The van der Waals surface area contributed by atoms with Gasteiger partial charge < -0.3 is 13.1 Å². The fourth-order valence-corrected chi connectivity index (χ4v) is 1.36. The molecule has 5 heteroatoms. The summed E-state index contributed by atoms with van der Waals surface area (Å²) in [5, 5.41) is 17.3. The van der Waals surface area contributed by atoms with Crippen LogP contribution in [0, 0.1) is 11.8 Å². The number of allylic oxidation sites excluding steroid dienone is 2. The van der Waals surface area contributed by atoms with Gasteiger partial charge in [0.1, 0.15) is 0 Å².